The fourth-order valence-electron chi connectivity index (χ4n) is 2.53. The van der Waals surface area contributed by atoms with Crippen LogP contribution < -0.4 is 5.32 Å². The van der Waals surface area contributed by atoms with Crippen LogP contribution >= 0.6 is 0 Å². The molecule has 0 aliphatic rings. The van der Waals surface area contributed by atoms with Crippen molar-refractivity contribution >= 4 is 11.6 Å². The number of rotatable bonds is 3. The second-order valence-corrected chi connectivity index (χ2v) is 5.44. The van der Waals surface area contributed by atoms with Crippen molar-refractivity contribution < 1.29 is 4.79 Å². The van der Waals surface area contributed by atoms with Gasteiger partial charge in [0.05, 0.1) is 12.2 Å². The lowest BCUT2D eigenvalue weighted by molar-refractivity contribution is 0.0941. The highest BCUT2D eigenvalue weighted by molar-refractivity contribution is 5.99. The first-order valence-corrected chi connectivity index (χ1v) is 7.24. The summed E-state index contributed by atoms with van der Waals surface area (Å²) in [7, 11) is 0. The minimum atomic E-state index is -0.163. The van der Waals surface area contributed by atoms with Crippen molar-refractivity contribution in [1.82, 2.24) is 19.9 Å². The number of hydrogen-bond donors (Lipinski definition) is 1. The molecule has 0 radical (unpaired) electrons. The van der Waals surface area contributed by atoms with Crippen LogP contribution in [-0.4, -0.2) is 20.5 Å². The molecule has 0 aliphatic carbocycles. The van der Waals surface area contributed by atoms with Crippen LogP contribution in [-0.2, 0) is 0 Å². The van der Waals surface area contributed by atoms with Crippen molar-refractivity contribution in [2.75, 3.05) is 0 Å². The SMILES string of the molecule is Cc1cc(C)n2ncc(C(=O)N[C@@H](C)c3ccccc3)c2n1. The number of hydrogen-bond acceptors (Lipinski definition) is 3. The number of benzene rings is 1. The Labute approximate surface area is 129 Å². The summed E-state index contributed by atoms with van der Waals surface area (Å²) >= 11 is 0. The lowest BCUT2D eigenvalue weighted by Crippen LogP contribution is -2.26. The first-order valence-electron chi connectivity index (χ1n) is 7.24. The van der Waals surface area contributed by atoms with Gasteiger partial charge in [-0.05, 0) is 32.4 Å². The molecule has 0 fully saturated rings. The van der Waals surface area contributed by atoms with Crippen LogP contribution in [0.15, 0.2) is 42.6 Å². The van der Waals surface area contributed by atoms with Crippen LogP contribution in [0.5, 0.6) is 0 Å². The predicted octanol–water partition coefficient (Wildman–Crippen LogP) is 2.84. The van der Waals surface area contributed by atoms with Gasteiger partial charge in [0.15, 0.2) is 5.65 Å². The smallest absolute Gasteiger partial charge is 0.257 e. The Hall–Kier alpha value is -2.69. The average molecular weight is 294 g/mol. The van der Waals surface area contributed by atoms with E-state index in [1.54, 1.807) is 10.7 Å². The van der Waals surface area contributed by atoms with Crippen molar-refractivity contribution in [2.45, 2.75) is 26.8 Å². The molecule has 2 heterocycles. The van der Waals surface area contributed by atoms with E-state index in [4.69, 9.17) is 0 Å². The number of nitrogens with one attached hydrogen (secondary N) is 1. The van der Waals surface area contributed by atoms with Gasteiger partial charge < -0.3 is 5.32 Å². The molecule has 1 aromatic carbocycles. The summed E-state index contributed by atoms with van der Waals surface area (Å²) < 4.78 is 1.69. The highest BCUT2D eigenvalue weighted by Gasteiger charge is 2.17. The normalized spacial score (nSPS) is 12.3. The standard InChI is InChI=1S/C17H18N4O/c1-11-9-12(2)21-16(19-11)15(10-18-21)17(22)20-13(3)14-7-5-4-6-8-14/h4-10,13H,1-3H3,(H,20,22)/t13-/m0/s1. The first-order chi connectivity index (χ1) is 10.6. The van der Waals surface area contributed by atoms with Gasteiger partial charge >= 0.3 is 0 Å². The van der Waals surface area contributed by atoms with E-state index in [0.29, 0.717) is 11.2 Å². The first kappa shape index (κ1) is 14.3. The second-order valence-electron chi connectivity index (χ2n) is 5.44. The topological polar surface area (TPSA) is 59.3 Å². The lowest BCUT2D eigenvalue weighted by atomic mass is 10.1. The third-order valence-corrected chi connectivity index (χ3v) is 3.67. The predicted molar refractivity (Wildman–Crippen MR) is 84.8 cm³/mol. The van der Waals surface area contributed by atoms with Gasteiger partial charge in [0.25, 0.3) is 5.91 Å². The van der Waals surface area contributed by atoms with Crippen molar-refractivity contribution in [3.05, 3.63) is 65.1 Å². The molecule has 0 bridgehead atoms. The molecule has 2 aromatic heterocycles. The Kier molecular flexibility index (Phi) is 3.63. The number of fused-ring (bicyclic) bond motifs is 1. The summed E-state index contributed by atoms with van der Waals surface area (Å²) in [6.07, 6.45) is 1.57. The molecule has 0 spiro atoms. The molecule has 1 N–H and O–H groups in total. The maximum Gasteiger partial charge on any atom is 0.257 e. The molecule has 112 valence electrons. The molecule has 0 unspecified atom stereocenters. The van der Waals surface area contributed by atoms with Gasteiger partial charge in [-0.1, -0.05) is 30.3 Å². The Balaban J connectivity index is 1.90. The van der Waals surface area contributed by atoms with Crippen LogP contribution in [0.3, 0.4) is 0 Å². The summed E-state index contributed by atoms with van der Waals surface area (Å²) in [6, 6.07) is 11.7. The summed E-state index contributed by atoms with van der Waals surface area (Å²) in [5, 5.41) is 7.25. The fraction of sp³-hybridized carbons (Fsp3) is 0.235. The summed E-state index contributed by atoms with van der Waals surface area (Å²) in [5.41, 5.74) is 3.98. The molecule has 0 saturated heterocycles. The van der Waals surface area contributed by atoms with Crippen molar-refractivity contribution in [1.29, 1.82) is 0 Å². The van der Waals surface area contributed by atoms with E-state index in [1.807, 2.05) is 57.2 Å². The number of aromatic nitrogens is 3. The molecule has 22 heavy (non-hydrogen) atoms. The third kappa shape index (κ3) is 2.57. The van der Waals surface area contributed by atoms with Gasteiger partial charge in [-0.15, -0.1) is 0 Å². The quantitative estimate of drug-likeness (QED) is 0.808. The highest BCUT2D eigenvalue weighted by Crippen LogP contribution is 2.15. The Morgan fingerprint density at radius 3 is 2.68 bits per heavy atom. The zero-order valence-electron chi connectivity index (χ0n) is 12.9. The summed E-state index contributed by atoms with van der Waals surface area (Å²) in [5.74, 6) is -0.163. The van der Waals surface area contributed by atoms with Gasteiger partial charge in [-0.25, -0.2) is 9.50 Å². The van der Waals surface area contributed by atoms with Crippen LogP contribution in [0, 0.1) is 13.8 Å². The molecular formula is C17H18N4O. The summed E-state index contributed by atoms with van der Waals surface area (Å²) in [4.78, 5) is 17.0. The Bertz CT molecular complexity index is 823. The lowest BCUT2D eigenvalue weighted by Gasteiger charge is -2.13. The zero-order valence-corrected chi connectivity index (χ0v) is 12.9. The Morgan fingerprint density at radius 2 is 1.95 bits per heavy atom. The maximum absolute atomic E-state index is 12.5. The number of nitrogens with zero attached hydrogens (tertiary/aromatic N) is 3. The maximum atomic E-state index is 12.5. The number of carbonyl (C=O) groups excluding carboxylic acids is 1. The van der Waals surface area contributed by atoms with Gasteiger partial charge in [0.2, 0.25) is 0 Å². The van der Waals surface area contributed by atoms with Gasteiger partial charge in [-0.3, -0.25) is 4.79 Å². The molecule has 3 rings (SSSR count). The number of aryl methyl sites for hydroxylation is 2. The molecule has 5 nitrogen and oxygen atoms in total. The Morgan fingerprint density at radius 1 is 1.23 bits per heavy atom. The van der Waals surface area contributed by atoms with Crippen molar-refractivity contribution in [3.63, 3.8) is 0 Å². The fourth-order valence-corrected chi connectivity index (χ4v) is 2.53. The zero-order chi connectivity index (χ0) is 15.7. The van der Waals surface area contributed by atoms with E-state index in [-0.39, 0.29) is 11.9 Å². The van der Waals surface area contributed by atoms with Crippen LogP contribution in [0.1, 0.15) is 40.3 Å². The molecule has 1 amide bonds. The van der Waals surface area contributed by atoms with E-state index < -0.39 is 0 Å². The third-order valence-electron chi connectivity index (χ3n) is 3.67. The van der Waals surface area contributed by atoms with Crippen LogP contribution in [0.25, 0.3) is 5.65 Å². The van der Waals surface area contributed by atoms with E-state index in [1.165, 1.54) is 0 Å². The van der Waals surface area contributed by atoms with E-state index in [9.17, 15) is 4.79 Å². The van der Waals surface area contributed by atoms with E-state index in [2.05, 4.69) is 15.4 Å². The number of carbonyl (C=O) groups is 1. The summed E-state index contributed by atoms with van der Waals surface area (Å²) in [6.45, 7) is 5.82. The average Bonchev–Trinajstić information content (AvgIpc) is 2.92. The minimum absolute atomic E-state index is 0.0745. The van der Waals surface area contributed by atoms with Crippen molar-refractivity contribution in [3.8, 4) is 0 Å². The second kappa shape index (κ2) is 5.60. The molecule has 0 aliphatic heterocycles. The minimum Gasteiger partial charge on any atom is -0.345 e. The van der Waals surface area contributed by atoms with Gasteiger partial charge in [0.1, 0.15) is 5.56 Å². The van der Waals surface area contributed by atoms with Crippen LogP contribution in [0.4, 0.5) is 0 Å². The van der Waals surface area contributed by atoms with E-state index >= 15 is 0 Å². The van der Waals surface area contributed by atoms with Crippen molar-refractivity contribution in [2.24, 2.45) is 0 Å². The number of amides is 1. The molecule has 5 heteroatoms. The highest BCUT2D eigenvalue weighted by atomic mass is 16.1. The molecule has 0 saturated carbocycles. The largest absolute Gasteiger partial charge is 0.345 e. The monoisotopic (exact) mass is 294 g/mol. The van der Waals surface area contributed by atoms with Crippen LogP contribution in [0.2, 0.25) is 0 Å². The molecule has 1 atom stereocenters. The van der Waals surface area contributed by atoms with Gasteiger partial charge in [-0.2, -0.15) is 5.10 Å². The molecule has 3 aromatic rings. The van der Waals surface area contributed by atoms with Gasteiger partial charge in [0, 0.05) is 11.4 Å². The van der Waals surface area contributed by atoms with E-state index in [0.717, 1.165) is 17.0 Å². The molecular weight excluding hydrogens is 276 g/mol.